The summed E-state index contributed by atoms with van der Waals surface area (Å²) >= 11 is 1.55. The van der Waals surface area contributed by atoms with Gasteiger partial charge in [0.25, 0.3) is 0 Å². The van der Waals surface area contributed by atoms with Crippen LogP contribution in [-0.2, 0) is 9.59 Å². The molecule has 2 bridgehead atoms. The number of hydrogen-bond acceptors (Lipinski definition) is 4. The molecule has 2 saturated heterocycles. The van der Waals surface area contributed by atoms with Gasteiger partial charge >= 0.3 is 0 Å². The van der Waals surface area contributed by atoms with Gasteiger partial charge in [0.2, 0.25) is 11.8 Å². The van der Waals surface area contributed by atoms with Crippen LogP contribution in [0.4, 0.5) is 5.69 Å². The van der Waals surface area contributed by atoms with Crippen LogP contribution in [-0.4, -0.2) is 54.2 Å². The molecule has 130 valence electrons. The van der Waals surface area contributed by atoms with Crippen LogP contribution in [0.15, 0.2) is 29.2 Å². The molecule has 1 aromatic rings. The highest BCUT2D eigenvalue weighted by atomic mass is 35.5. The molecule has 2 atom stereocenters. The van der Waals surface area contributed by atoms with Crippen LogP contribution in [0.2, 0.25) is 0 Å². The Hall–Kier alpha value is -1.24. The Morgan fingerprint density at radius 3 is 2.88 bits per heavy atom. The molecule has 5 nitrogen and oxygen atoms in total. The van der Waals surface area contributed by atoms with Gasteiger partial charge in [0, 0.05) is 23.5 Å². The quantitative estimate of drug-likeness (QED) is 0.867. The van der Waals surface area contributed by atoms with E-state index in [9.17, 15) is 9.59 Å². The minimum Gasteiger partial charge on any atom is -0.334 e. The monoisotopic (exact) mass is 367 g/mol. The van der Waals surface area contributed by atoms with Gasteiger partial charge in [0.15, 0.2) is 0 Å². The minimum absolute atomic E-state index is 0. The Labute approximate surface area is 152 Å². The molecule has 0 aromatic heterocycles. The maximum Gasteiger partial charge on any atom is 0.243 e. The molecule has 1 N–H and O–H groups in total. The molecule has 3 heterocycles. The number of nitrogens with one attached hydrogen (secondary N) is 1. The third kappa shape index (κ3) is 3.15. The van der Waals surface area contributed by atoms with Crippen molar-refractivity contribution < 1.29 is 9.59 Å². The van der Waals surface area contributed by atoms with E-state index in [0.29, 0.717) is 17.8 Å². The number of para-hydroxylation sites is 1. The molecule has 2 unspecified atom stereocenters. The third-order valence-electron chi connectivity index (χ3n) is 5.04. The fourth-order valence-corrected chi connectivity index (χ4v) is 4.87. The lowest BCUT2D eigenvalue weighted by Crippen LogP contribution is -2.49. The van der Waals surface area contributed by atoms with E-state index in [-0.39, 0.29) is 30.8 Å². The van der Waals surface area contributed by atoms with Crippen molar-refractivity contribution in [1.82, 2.24) is 10.2 Å². The third-order valence-corrected chi connectivity index (χ3v) is 6.09. The summed E-state index contributed by atoms with van der Waals surface area (Å²) in [7, 11) is 0. The van der Waals surface area contributed by atoms with E-state index >= 15 is 0 Å². The van der Waals surface area contributed by atoms with Gasteiger partial charge < -0.3 is 15.1 Å². The van der Waals surface area contributed by atoms with Gasteiger partial charge in [-0.15, -0.1) is 24.2 Å². The predicted octanol–water partition coefficient (Wildman–Crippen LogP) is 1.90. The molecule has 0 saturated carbocycles. The fraction of sp³-hybridized carbons (Fsp3) is 0.529. The number of hydrogen-bond donors (Lipinski definition) is 1. The molecule has 4 rings (SSSR count). The molecule has 0 spiro atoms. The van der Waals surface area contributed by atoms with Crippen LogP contribution in [0.25, 0.3) is 0 Å². The van der Waals surface area contributed by atoms with Crippen molar-refractivity contribution in [3.63, 3.8) is 0 Å². The molecular weight excluding hydrogens is 346 g/mol. The van der Waals surface area contributed by atoms with Crippen LogP contribution in [0, 0.1) is 0 Å². The number of benzene rings is 1. The lowest BCUT2D eigenvalue weighted by molar-refractivity contribution is -0.133. The first kappa shape index (κ1) is 17.6. The summed E-state index contributed by atoms with van der Waals surface area (Å²) in [6.45, 7) is 2.03. The van der Waals surface area contributed by atoms with Crippen LogP contribution in [0.3, 0.4) is 0 Å². The van der Waals surface area contributed by atoms with Crippen LogP contribution in [0.1, 0.15) is 19.3 Å². The van der Waals surface area contributed by atoms with E-state index < -0.39 is 0 Å². The highest BCUT2D eigenvalue weighted by Crippen LogP contribution is 2.35. The molecule has 2 amide bonds. The van der Waals surface area contributed by atoms with Crippen molar-refractivity contribution in [1.29, 1.82) is 0 Å². The van der Waals surface area contributed by atoms with E-state index in [2.05, 4.69) is 10.2 Å². The van der Waals surface area contributed by atoms with E-state index in [1.807, 2.05) is 24.3 Å². The van der Waals surface area contributed by atoms with Crippen molar-refractivity contribution >= 4 is 41.7 Å². The Balaban J connectivity index is 0.00000169. The van der Waals surface area contributed by atoms with E-state index in [4.69, 9.17) is 0 Å². The summed E-state index contributed by atoms with van der Waals surface area (Å²) in [6.07, 6.45) is 3.19. The maximum atomic E-state index is 12.9. The average molecular weight is 368 g/mol. The van der Waals surface area contributed by atoms with Crippen LogP contribution < -0.4 is 10.2 Å². The van der Waals surface area contributed by atoms with E-state index in [1.54, 1.807) is 16.7 Å². The molecule has 0 aliphatic carbocycles. The number of amides is 2. The topological polar surface area (TPSA) is 52.7 Å². The van der Waals surface area contributed by atoms with Gasteiger partial charge in [-0.2, -0.15) is 0 Å². The normalized spacial score (nSPS) is 25.8. The Morgan fingerprint density at radius 2 is 2.00 bits per heavy atom. The molecular formula is C17H22ClN3O2S. The lowest BCUT2D eigenvalue weighted by Gasteiger charge is -2.33. The molecule has 3 aliphatic heterocycles. The fourth-order valence-electron chi connectivity index (χ4n) is 3.93. The van der Waals surface area contributed by atoms with Gasteiger partial charge in [0.1, 0.15) is 6.54 Å². The number of anilines is 1. The standard InChI is InChI=1S/C17H21N3O2S.ClH/c21-16(20-12-5-6-13(20)9-18-8-7-12)10-19-14-3-1-2-4-15(14)23-11-17(19)22;/h1-4,12-13,18H,5-11H2;1H. The average Bonchev–Trinajstić information content (AvgIpc) is 2.83. The molecule has 7 heteroatoms. The second-order valence-corrected chi connectivity index (χ2v) is 7.43. The number of rotatable bonds is 2. The van der Waals surface area contributed by atoms with Gasteiger partial charge in [-0.05, 0) is 37.9 Å². The van der Waals surface area contributed by atoms with Crippen LogP contribution in [0.5, 0.6) is 0 Å². The molecule has 1 aromatic carbocycles. The summed E-state index contributed by atoms with van der Waals surface area (Å²) in [4.78, 5) is 30.1. The molecule has 2 fully saturated rings. The predicted molar refractivity (Wildman–Crippen MR) is 97.9 cm³/mol. The van der Waals surface area contributed by atoms with Crippen molar-refractivity contribution in [2.45, 2.75) is 36.2 Å². The Morgan fingerprint density at radius 1 is 1.21 bits per heavy atom. The summed E-state index contributed by atoms with van der Waals surface area (Å²) in [5.74, 6) is 0.539. The first-order valence-corrected chi connectivity index (χ1v) is 9.26. The van der Waals surface area contributed by atoms with Gasteiger partial charge in [-0.25, -0.2) is 0 Å². The smallest absolute Gasteiger partial charge is 0.243 e. The Kier molecular flexibility index (Phi) is 5.37. The second kappa shape index (κ2) is 7.33. The zero-order valence-electron chi connectivity index (χ0n) is 13.4. The molecule has 3 aliphatic rings. The number of nitrogens with zero attached hydrogens (tertiary/aromatic N) is 2. The minimum atomic E-state index is 0. The highest BCUT2D eigenvalue weighted by Gasteiger charge is 2.39. The molecule has 0 radical (unpaired) electrons. The largest absolute Gasteiger partial charge is 0.334 e. The summed E-state index contributed by atoms with van der Waals surface area (Å²) < 4.78 is 0. The van der Waals surface area contributed by atoms with Crippen molar-refractivity contribution in [3.8, 4) is 0 Å². The number of fused-ring (bicyclic) bond motifs is 3. The Bertz CT molecular complexity index is 628. The van der Waals surface area contributed by atoms with Crippen molar-refractivity contribution in [2.75, 3.05) is 30.3 Å². The number of carbonyl (C=O) groups excluding carboxylic acids is 2. The van der Waals surface area contributed by atoms with E-state index in [1.165, 1.54) is 0 Å². The van der Waals surface area contributed by atoms with Gasteiger partial charge in [-0.3, -0.25) is 9.59 Å². The first-order chi connectivity index (χ1) is 11.2. The van der Waals surface area contributed by atoms with Gasteiger partial charge in [0.05, 0.1) is 11.4 Å². The van der Waals surface area contributed by atoms with Crippen LogP contribution >= 0.6 is 24.2 Å². The summed E-state index contributed by atoms with van der Waals surface area (Å²) in [6, 6.07) is 8.48. The summed E-state index contributed by atoms with van der Waals surface area (Å²) in [5.41, 5.74) is 0.877. The number of carbonyl (C=O) groups is 2. The van der Waals surface area contributed by atoms with Gasteiger partial charge in [-0.1, -0.05) is 12.1 Å². The maximum absolute atomic E-state index is 12.9. The first-order valence-electron chi connectivity index (χ1n) is 8.28. The molecule has 24 heavy (non-hydrogen) atoms. The van der Waals surface area contributed by atoms with Crippen molar-refractivity contribution in [2.24, 2.45) is 0 Å². The second-order valence-electron chi connectivity index (χ2n) is 6.42. The number of halogens is 1. The number of thioether (sulfide) groups is 1. The lowest BCUT2D eigenvalue weighted by atomic mass is 10.1. The zero-order chi connectivity index (χ0) is 15.8. The highest BCUT2D eigenvalue weighted by molar-refractivity contribution is 8.00. The zero-order valence-corrected chi connectivity index (χ0v) is 15.1. The summed E-state index contributed by atoms with van der Waals surface area (Å²) in [5, 5.41) is 3.41. The SMILES string of the molecule is Cl.O=C1CSc2ccccc2N1CC(=O)N1C2CCNCC1CC2. The van der Waals surface area contributed by atoms with Crippen molar-refractivity contribution in [3.05, 3.63) is 24.3 Å². The van der Waals surface area contributed by atoms with E-state index in [0.717, 1.165) is 42.9 Å².